The summed E-state index contributed by atoms with van der Waals surface area (Å²) in [6.45, 7) is 2.23. The van der Waals surface area contributed by atoms with Crippen LogP contribution in [0.5, 0.6) is 0 Å². The number of fused-ring (bicyclic) bond motifs is 1. The molecule has 0 radical (unpaired) electrons. The number of benzene rings is 1. The maximum absolute atomic E-state index is 6.06. The topological polar surface area (TPSA) is 0 Å². The van der Waals surface area contributed by atoms with Crippen molar-refractivity contribution in [2.75, 3.05) is 6.26 Å². The zero-order valence-corrected chi connectivity index (χ0v) is 14.5. The summed E-state index contributed by atoms with van der Waals surface area (Å²) in [6, 6.07) is 10.8. The molecule has 1 aliphatic rings. The highest BCUT2D eigenvalue weighted by atomic mass is 35.5. The summed E-state index contributed by atoms with van der Waals surface area (Å²) in [4.78, 5) is 2.54. The van der Waals surface area contributed by atoms with Crippen molar-refractivity contribution >= 4 is 52.4 Å². The molecular weight excluding hydrogens is 316 g/mol. The monoisotopic (exact) mass is 332 g/mol. The van der Waals surface area contributed by atoms with Crippen LogP contribution in [0, 0.1) is 0 Å². The van der Waals surface area contributed by atoms with Gasteiger partial charge < -0.3 is 0 Å². The van der Waals surface area contributed by atoms with Gasteiger partial charge in [0.15, 0.2) is 0 Å². The van der Waals surface area contributed by atoms with E-state index in [1.807, 2.05) is 6.07 Å². The van der Waals surface area contributed by atoms with E-state index >= 15 is 0 Å². The van der Waals surface area contributed by atoms with E-state index in [1.54, 1.807) is 23.1 Å². The van der Waals surface area contributed by atoms with Crippen LogP contribution in [-0.4, -0.2) is 6.26 Å². The molecule has 0 spiro atoms. The molecule has 0 unspecified atom stereocenters. The minimum atomic E-state index is 0.846. The van der Waals surface area contributed by atoms with Crippen LogP contribution in [-0.2, 0) is 0 Å². The maximum atomic E-state index is 6.06. The third kappa shape index (κ3) is 3.13. The number of hydrogen-bond donors (Lipinski definition) is 0. The second kappa shape index (κ2) is 6.43. The van der Waals surface area contributed by atoms with Crippen LogP contribution in [0.2, 0.25) is 4.34 Å². The molecule has 1 aromatic carbocycles. The molecule has 3 heteroatoms. The molecule has 0 amide bonds. The standard InChI is InChI=1S/C18H17ClS2/c1-3-4-12-9-13-10-14(20-2)5-7-16(13)17(12)11-15-6-8-18(19)21-15/h5-11H,3-4H2,1-2H3. The predicted octanol–water partition coefficient (Wildman–Crippen LogP) is 6.86. The third-order valence-electron chi connectivity index (χ3n) is 3.62. The van der Waals surface area contributed by atoms with Crippen LogP contribution in [0.1, 0.15) is 35.8 Å². The molecule has 0 saturated heterocycles. The van der Waals surface area contributed by atoms with Crippen LogP contribution < -0.4 is 0 Å². The van der Waals surface area contributed by atoms with Gasteiger partial charge in [-0.15, -0.1) is 23.1 Å². The van der Waals surface area contributed by atoms with Gasteiger partial charge in [-0.3, -0.25) is 0 Å². The quantitative estimate of drug-likeness (QED) is 0.551. The van der Waals surface area contributed by atoms with Crippen molar-refractivity contribution in [1.82, 2.24) is 0 Å². The molecule has 0 saturated carbocycles. The smallest absolute Gasteiger partial charge is 0.0934 e. The van der Waals surface area contributed by atoms with Crippen LogP contribution in [0.25, 0.3) is 17.7 Å². The fourth-order valence-corrected chi connectivity index (χ4v) is 4.12. The summed E-state index contributed by atoms with van der Waals surface area (Å²) in [6.07, 6.45) is 9.03. The molecule has 21 heavy (non-hydrogen) atoms. The van der Waals surface area contributed by atoms with Crippen molar-refractivity contribution in [3.63, 3.8) is 0 Å². The number of rotatable bonds is 4. The summed E-state index contributed by atoms with van der Waals surface area (Å²) in [7, 11) is 0. The summed E-state index contributed by atoms with van der Waals surface area (Å²) in [5.74, 6) is 0. The summed E-state index contributed by atoms with van der Waals surface area (Å²) >= 11 is 9.48. The summed E-state index contributed by atoms with van der Waals surface area (Å²) in [5.41, 5.74) is 5.49. The molecule has 1 aliphatic carbocycles. The molecule has 1 aromatic heterocycles. The lowest BCUT2D eigenvalue weighted by atomic mass is 9.99. The Labute approximate surface area is 139 Å². The maximum Gasteiger partial charge on any atom is 0.0934 e. The average molecular weight is 333 g/mol. The number of hydrogen-bond acceptors (Lipinski definition) is 2. The van der Waals surface area contributed by atoms with E-state index < -0.39 is 0 Å². The van der Waals surface area contributed by atoms with Gasteiger partial charge in [0.05, 0.1) is 4.34 Å². The second-order valence-electron chi connectivity index (χ2n) is 5.07. The average Bonchev–Trinajstić information content (AvgIpc) is 3.04. The van der Waals surface area contributed by atoms with Gasteiger partial charge in [-0.2, -0.15) is 0 Å². The van der Waals surface area contributed by atoms with Gasteiger partial charge in [0.25, 0.3) is 0 Å². The highest BCUT2D eigenvalue weighted by molar-refractivity contribution is 7.98. The number of thiophene rings is 1. The SMILES string of the molecule is CCCC1=Cc2cc(SC)ccc2C1=Cc1ccc(Cl)s1. The second-order valence-corrected chi connectivity index (χ2v) is 7.70. The Balaban J connectivity index is 2.06. The highest BCUT2D eigenvalue weighted by Crippen LogP contribution is 2.41. The van der Waals surface area contributed by atoms with Crippen LogP contribution >= 0.6 is 34.7 Å². The first-order valence-corrected chi connectivity index (χ1v) is 9.49. The van der Waals surface area contributed by atoms with E-state index in [0.717, 1.165) is 17.2 Å². The third-order valence-corrected chi connectivity index (χ3v) is 5.53. The van der Waals surface area contributed by atoms with Gasteiger partial charge >= 0.3 is 0 Å². The Morgan fingerprint density at radius 3 is 2.76 bits per heavy atom. The van der Waals surface area contributed by atoms with Crippen molar-refractivity contribution in [3.05, 3.63) is 56.2 Å². The van der Waals surface area contributed by atoms with Gasteiger partial charge in [-0.05, 0) is 65.3 Å². The Morgan fingerprint density at radius 2 is 2.10 bits per heavy atom. The molecule has 0 aliphatic heterocycles. The molecule has 0 nitrogen and oxygen atoms in total. The minimum absolute atomic E-state index is 0.846. The number of halogens is 1. The van der Waals surface area contributed by atoms with Crippen LogP contribution in [0.15, 0.2) is 40.8 Å². The van der Waals surface area contributed by atoms with Crippen molar-refractivity contribution in [1.29, 1.82) is 0 Å². The molecular formula is C18H17ClS2. The molecule has 0 N–H and O–H groups in total. The normalized spacial score (nSPS) is 15.4. The van der Waals surface area contributed by atoms with E-state index in [0.29, 0.717) is 0 Å². The Hall–Kier alpha value is -0.960. The van der Waals surface area contributed by atoms with E-state index in [4.69, 9.17) is 11.6 Å². The van der Waals surface area contributed by atoms with E-state index in [9.17, 15) is 0 Å². The fourth-order valence-electron chi connectivity index (χ4n) is 2.67. The van der Waals surface area contributed by atoms with Crippen molar-refractivity contribution in [3.8, 4) is 0 Å². The molecule has 3 rings (SSSR count). The minimum Gasteiger partial charge on any atom is -0.130 e. The zero-order valence-electron chi connectivity index (χ0n) is 12.2. The molecule has 1 heterocycles. The van der Waals surface area contributed by atoms with Gasteiger partial charge in [0.1, 0.15) is 0 Å². The van der Waals surface area contributed by atoms with E-state index in [-0.39, 0.29) is 0 Å². The summed E-state index contributed by atoms with van der Waals surface area (Å²) in [5, 5.41) is 0. The lowest BCUT2D eigenvalue weighted by Gasteiger charge is -2.07. The lowest BCUT2D eigenvalue weighted by molar-refractivity contribution is 0.939. The van der Waals surface area contributed by atoms with E-state index in [2.05, 4.69) is 49.6 Å². The van der Waals surface area contributed by atoms with Crippen LogP contribution in [0.3, 0.4) is 0 Å². The first-order valence-electron chi connectivity index (χ1n) is 7.07. The van der Waals surface area contributed by atoms with E-state index in [1.165, 1.54) is 32.0 Å². The fraction of sp³-hybridized carbons (Fsp3) is 0.222. The van der Waals surface area contributed by atoms with Gasteiger partial charge in [-0.1, -0.05) is 37.1 Å². The van der Waals surface area contributed by atoms with Crippen LogP contribution in [0.4, 0.5) is 0 Å². The molecule has 0 fully saturated rings. The molecule has 108 valence electrons. The Bertz CT molecular complexity index is 723. The van der Waals surface area contributed by atoms with Gasteiger partial charge in [-0.25, -0.2) is 0 Å². The zero-order chi connectivity index (χ0) is 14.8. The lowest BCUT2D eigenvalue weighted by Crippen LogP contribution is -1.85. The molecule has 0 bridgehead atoms. The number of allylic oxidation sites excluding steroid dienone is 2. The van der Waals surface area contributed by atoms with Gasteiger partial charge in [0.2, 0.25) is 0 Å². The van der Waals surface area contributed by atoms with Crippen molar-refractivity contribution in [2.24, 2.45) is 0 Å². The summed E-state index contributed by atoms with van der Waals surface area (Å²) < 4.78 is 0.846. The van der Waals surface area contributed by atoms with Crippen molar-refractivity contribution < 1.29 is 0 Å². The first-order chi connectivity index (χ1) is 10.2. The molecule has 2 aromatic rings. The molecule has 0 atom stereocenters. The Kier molecular flexibility index (Phi) is 4.58. The van der Waals surface area contributed by atoms with Gasteiger partial charge in [0, 0.05) is 9.77 Å². The highest BCUT2D eigenvalue weighted by Gasteiger charge is 2.18. The first kappa shape index (κ1) is 15.0. The van der Waals surface area contributed by atoms with Crippen molar-refractivity contribution in [2.45, 2.75) is 24.7 Å². The predicted molar refractivity (Wildman–Crippen MR) is 98.3 cm³/mol. The Morgan fingerprint density at radius 1 is 1.24 bits per heavy atom. The number of thioether (sulfide) groups is 1. The largest absolute Gasteiger partial charge is 0.130 e.